The van der Waals surface area contributed by atoms with E-state index < -0.39 is 5.91 Å². The normalized spacial score (nSPS) is 11.8. The number of allylic oxidation sites excluding steroid dienone is 1. The summed E-state index contributed by atoms with van der Waals surface area (Å²) in [6.45, 7) is 7.20. The summed E-state index contributed by atoms with van der Waals surface area (Å²) in [5, 5.41) is 0. The number of nitrogens with two attached hydrogens (primary N) is 1. The van der Waals surface area contributed by atoms with Gasteiger partial charge in [0.2, 0.25) is 5.91 Å². The zero-order chi connectivity index (χ0) is 8.85. The summed E-state index contributed by atoms with van der Waals surface area (Å²) < 4.78 is 5.07. The highest BCUT2D eigenvalue weighted by Crippen LogP contribution is 2.03. The Hall–Kier alpha value is -1.25. The molecule has 0 rings (SSSR count). The minimum atomic E-state index is -0.452. The minimum Gasteiger partial charge on any atom is -0.494 e. The quantitative estimate of drug-likeness (QED) is 0.373. The van der Waals surface area contributed by atoms with Gasteiger partial charge in [-0.15, -0.1) is 0 Å². The Morgan fingerprint density at radius 3 is 2.55 bits per heavy atom. The van der Waals surface area contributed by atoms with Crippen LogP contribution in [0.25, 0.3) is 0 Å². The van der Waals surface area contributed by atoms with E-state index in [1.165, 1.54) is 0 Å². The molecular formula is C8H13NO2. The zero-order valence-corrected chi connectivity index (χ0v) is 6.89. The molecule has 0 aromatic carbocycles. The molecule has 0 bridgehead atoms. The first-order valence-corrected chi connectivity index (χ1v) is 3.30. The van der Waals surface area contributed by atoms with Crippen LogP contribution in [0.5, 0.6) is 0 Å². The Morgan fingerprint density at radius 2 is 2.18 bits per heavy atom. The van der Waals surface area contributed by atoms with Gasteiger partial charge in [-0.25, -0.2) is 0 Å². The monoisotopic (exact) mass is 155 g/mol. The average Bonchev–Trinajstić information content (AvgIpc) is 1.98. The predicted octanol–water partition coefficient (Wildman–Crippen LogP) is 0.968. The Labute approximate surface area is 66.5 Å². The number of carbonyl (C=O) groups excluding carboxylic acids is 1. The molecule has 0 aliphatic carbocycles. The van der Waals surface area contributed by atoms with Crippen LogP contribution in [-0.4, -0.2) is 12.5 Å². The molecule has 0 fully saturated rings. The van der Waals surface area contributed by atoms with Crippen LogP contribution in [0.1, 0.15) is 13.8 Å². The maximum atomic E-state index is 10.6. The minimum absolute atomic E-state index is 0.399. The van der Waals surface area contributed by atoms with Gasteiger partial charge in [0.15, 0.2) is 0 Å². The van der Waals surface area contributed by atoms with Crippen molar-refractivity contribution in [2.75, 3.05) is 6.61 Å². The summed E-state index contributed by atoms with van der Waals surface area (Å²) in [6, 6.07) is 0. The van der Waals surface area contributed by atoms with Crippen LogP contribution in [0.3, 0.4) is 0 Å². The van der Waals surface area contributed by atoms with Gasteiger partial charge in [0.1, 0.15) is 12.4 Å². The van der Waals surface area contributed by atoms with Gasteiger partial charge in [0.25, 0.3) is 0 Å². The lowest BCUT2D eigenvalue weighted by Crippen LogP contribution is -2.13. The third-order valence-electron chi connectivity index (χ3n) is 1.32. The molecule has 0 heterocycles. The summed E-state index contributed by atoms with van der Waals surface area (Å²) in [5.41, 5.74) is 5.46. The molecule has 0 atom stereocenters. The van der Waals surface area contributed by atoms with Crippen molar-refractivity contribution in [2.45, 2.75) is 13.8 Å². The third-order valence-corrected chi connectivity index (χ3v) is 1.32. The molecule has 0 unspecified atom stereocenters. The summed E-state index contributed by atoms with van der Waals surface area (Å²) in [5.74, 6) is 0.101. The SMILES string of the molecule is C=CCO/C(C)=C(\C)C(N)=O. The van der Waals surface area contributed by atoms with Crippen molar-refractivity contribution in [1.29, 1.82) is 0 Å². The van der Waals surface area contributed by atoms with Crippen LogP contribution in [-0.2, 0) is 9.53 Å². The molecule has 3 heteroatoms. The fraction of sp³-hybridized carbons (Fsp3) is 0.375. The molecule has 3 nitrogen and oxygen atoms in total. The average molecular weight is 155 g/mol. The number of hydrogen-bond acceptors (Lipinski definition) is 2. The molecule has 0 aromatic rings. The fourth-order valence-corrected chi connectivity index (χ4v) is 0.466. The molecule has 0 aromatic heterocycles. The second kappa shape index (κ2) is 4.55. The van der Waals surface area contributed by atoms with Crippen LogP contribution < -0.4 is 5.73 Å². The van der Waals surface area contributed by atoms with Gasteiger partial charge in [0, 0.05) is 0 Å². The van der Waals surface area contributed by atoms with E-state index in [1.807, 2.05) is 0 Å². The Balaban J connectivity index is 4.15. The fourth-order valence-electron chi connectivity index (χ4n) is 0.466. The molecule has 0 radical (unpaired) electrons. The number of amides is 1. The molecule has 0 spiro atoms. The second-order valence-electron chi connectivity index (χ2n) is 2.15. The van der Waals surface area contributed by atoms with Crippen LogP contribution in [0.2, 0.25) is 0 Å². The lowest BCUT2D eigenvalue weighted by molar-refractivity contribution is -0.114. The highest BCUT2D eigenvalue weighted by atomic mass is 16.5. The number of rotatable bonds is 4. The molecule has 0 saturated heterocycles. The zero-order valence-electron chi connectivity index (χ0n) is 6.89. The first-order valence-electron chi connectivity index (χ1n) is 3.30. The summed E-state index contributed by atoms with van der Waals surface area (Å²) in [6.07, 6.45) is 1.61. The van der Waals surface area contributed by atoms with Gasteiger partial charge in [-0.1, -0.05) is 12.7 Å². The molecule has 62 valence electrons. The van der Waals surface area contributed by atoms with Gasteiger partial charge >= 0.3 is 0 Å². The highest BCUT2D eigenvalue weighted by molar-refractivity contribution is 5.91. The van der Waals surface area contributed by atoms with E-state index in [-0.39, 0.29) is 0 Å². The molecule has 0 aliphatic rings. The van der Waals surface area contributed by atoms with E-state index in [4.69, 9.17) is 10.5 Å². The molecule has 2 N–H and O–H groups in total. The van der Waals surface area contributed by atoms with E-state index in [1.54, 1.807) is 19.9 Å². The Morgan fingerprint density at radius 1 is 1.64 bits per heavy atom. The highest BCUT2D eigenvalue weighted by Gasteiger charge is 2.02. The Kier molecular flexibility index (Phi) is 4.03. The van der Waals surface area contributed by atoms with Crippen molar-refractivity contribution in [3.05, 3.63) is 24.0 Å². The topological polar surface area (TPSA) is 52.3 Å². The standard InChI is InChI=1S/C8H13NO2/c1-4-5-11-7(3)6(2)8(9)10/h4H,1,5H2,2-3H3,(H2,9,10)/b7-6+. The van der Waals surface area contributed by atoms with Crippen molar-refractivity contribution in [3.8, 4) is 0 Å². The van der Waals surface area contributed by atoms with Crippen LogP contribution >= 0.6 is 0 Å². The van der Waals surface area contributed by atoms with Crippen molar-refractivity contribution < 1.29 is 9.53 Å². The van der Waals surface area contributed by atoms with E-state index in [9.17, 15) is 4.79 Å². The maximum Gasteiger partial charge on any atom is 0.247 e. The lowest BCUT2D eigenvalue weighted by atomic mass is 10.2. The van der Waals surface area contributed by atoms with Gasteiger partial charge < -0.3 is 10.5 Å². The molecule has 11 heavy (non-hydrogen) atoms. The first-order chi connectivity index (χ1) is 5.09. The molecule has 0 saturated carbocycles. The second-order valence-corrected chi connectivity index (χ2v) is 2.15. The predicted molar refractivity (Wildman–Crippen MR) is 43.7 cm³/mol. The van der Waals surface area contributed by atoms with Gasteiger partial charge in [0.05, 0.1) is 5.57 Å². The number of carbonyl (C=O) groups is 1. The first kappa shape index (κ1) is 9.75. The van der Waals surface area contributed by atoms with Crippen LogP contribution in [0, 0.1) is 0 Å². The van der Waals surface area contributed by atoms with E-state index >= 15 is 0 Å². The smallest absolute Gasteiger partial charge is 0.247 e. The summed E-state index contributed by atoms with van der Waals surface area (Å²) in [7, 11) is 0. The molecule has 1 amide bonds. The lowest BCUT2D eigenvalue weighted by Gasteiger charge is -2.04. The summed E-state index contributed by atoms with van der Waals surface area (Å²) in [4.78, 5) is 10.6. The molecular weight excluding hydrogens is 142 g/mol. The van der Waals surface area contributed by atoms with Crippen molar-refractivity contribution in [3.63, 3.8) is 0 Å². The van der Waals surface area contributed by atoms with E-state index in [2.05, 4.69) is 6.58 Å². The van der Waals surface area contributed by atoms with Crippen molar-refractivity contribution >= 4 is 5.91 Å². The number of primary amides is 1. The maximum absolute atomic E-state index is 10.6. The Bertz CT molecular complexity index is 194. The van der Waals surface area contributed by atoms with E-state index in [0.717, 1.165) is 0 Å². The van der Waals surface area contributed by atoms with Crippen molar-refractivity contribution in [1.82, 2.24) is 0 Å². The van der Waals surface area contributed by atoms with Crippen LogP contribution in [0.4, 0.5) is 0 Å². The molecule has 0 aliphatic heterocycles. The van der Waals surface area contributed by atoms with Gasteiger partial charge in [-0.2, -0.15) is 0 Å². The van der Waals surface area contributed by atoms with Crippen LogP contribution in [0.15, 0.2) is 24.0 Å². The number of ether oxygens (including phenoxy) is 1. The third kappa shape index (κ3) is 3.45. The van der Waals surface area contributed by atoms with Gasteiger partial charge in [-0.3, -0.25) is 4.79 Å². The van der Waals surface area contributed by atoms with E-state index in [0.29, 0.717) is 17.9 Å². The van der Waals surface area contributed by atoms with Gasteiger partial charge in [-0.05, 0) is 13.8 Å². The largest absolute Gasteiger partial charge is 0.494 e. The summed E-state index contributed by atoms with van der Waals surface area (Å²) >= 11 is 0. The number of hydrogen-bond donors (Lipinski definition) is 1. The van der Waals surface area contributed by atoms with Crippen molar-refractivity contribution in [2.24, 2.45) is 5.73 Å².